The number of hydrogen-bond donors (Lipinski definition) is 0. The van der Waals surface area contributed by atoms with Gasteiger partial charge in [0.15, 0.2) is 0 Å². The van der Waals surface area contributed by atoms with E-state index in [-0.39, 0.29) is 22.6 Å². The first-order valence-electron chi connectivity index (χ1n) is 6.12. The molecule has 1 unspecified atom stereocenters. The predicted octanol–water partition coefficient (Wildman–Crippen LogP) is 2.87. The van der Waals surface area contributed by atoms with Crippen molar-refractivity contribution in [3.63, 3.8) is 0 Å². The largest absolute Gasteiger partial charge is 0.340 e. The molecule has 0 spiro atoms. The Morgan fingerprint density at radius 2 is 2.05 bits per heavy atom. The van der Waals surface area contributed by atoms with E-state index >= 15 is 0 Å². The van der Waals surface area contributed by atoms with Crippen LogP contribution in [0.25, 0.3) is 0 Å². The summed E-state index contributed by atoms with van der Waals surface area (Å²) in [6.45, 7) is 6.63. The van der Waals surface area contributed by atoms with E-state index < -0.39 is 9.05 Å². The molecule has 0 bridgehead atoms. The molecular formula is C12H18ClNO3S2. The van der Waals surface area contributed by atoms with E-state index in [1.54, 1.807) is 11.0 Å². The van der Waals surface area contributed by atoms with Gasteiger partial charge >= 0.3 is 0 Å². The molecule has 0 saturated carbocycles. The zero-order chi connectivity index (χ0) is 14.6. The molecule has 0 aliphatic heterocycles. The van der Waals surface area contributed by atoms with E-state index in [4.69, 9.17) is 10.7 Å². The minimum absolute atomic E-state index is 0.0113. The van der Waals surface area contributed by atoms with Crippen molar-refractivity contribution in [3.05, 3.63) is 17.0 Å². The van der Waals surface area contributed by atoms with Gasteiger partial charge in [0.25, 0.3) is 9.05 Å². The van der Waals surface area contributed by atoms with Crippen LogP contribution in [0.4, 0.5) is 0 Å². The van der Waals surface area contributed by atoms with Gasteiger partial charge in [-0.15, -0.1) is 11.3 Å². The summed E-state index contributed by atoms with van der Waals surface area (Å²) in [4.78, 5) is 14.7. The third-order valence-electron chi connectivity index (χ3n) is 2.99. The number of hydrogen-bond acceptors (Lipinski definition) is 4. The maximum absolute atomic E-state index is 12.2. The lowest BCUT2D eigenvalue weighted by Crippen LogP contribution is -2.38. The minimum Gasteiger partial charge on any atom is -0.340 e. The zero-order valence-electron chi connectivity index (χ0n) is 11.2. The highest BCUT2D eigenvalue weighted by Crippen LogP contribution is 2.25. The molecule has 0 N–H and O–H groups in total. The normalized spacial score (nSPS) is 13.3. The first-order valence-corrected chi connectivity index (χ1v) is 9.25. The number of rotatable bonds is 6. The van der Waals surface area contributed by atoms with Gasteiger partial charge in [0, 0.05) is 28.1 Å². The van der Waals surface area contributed by atoms with Crippen LogP contribution >= 0.6 is 22.0 Å². The van der Waals surface area contributed by atoms with Crippen molar-refractivity contribution in [1.82, 2.24) is 4.90 Å². The van der Waals surface area contributed by atoms with Crippen LogP contribution in [-0.4, -0.2) is 31.8 Å². The Bertz CT molecular complexity index is 539. The molecule has 1 aromatic heterocycles. The number of amides is 1. The molecule has 1 aromatic rings. The fourth-order valence-corrected chi connectivity index (χ4v) is 3.90. The molecule has 108 valence electrons. The first kappa shape index (κ1) is 16.5. The van der Waals surface area contributed by atoms with Crippen molar-refractivity contribution in [3.8, 4) is 0 Å². The van der Waals surface area contributed by atoms with Gasteiger partial charge < -0.3 is 4.90 Å². The van der Waals surface area contributed by atoms with Gasteiger partial charge in [-0.3, -0.25) is 4.79 Å². The molecule has 0 radical (unpaired) electrons. The van der Waals surface area contributed by atoms with Gasteiger partial charge in [-0.2, -0.15) is 0 Å². The number of carbonyl (C=O) groups is 1. The van der Waals surface area contributed by atoms with E-state index in [9.17, 15) is 13.2 Å². The Morgan fingerprint density at radius 1 is 1.42 bits per heavy atom. The zero-order valence-corrected chi connectivity index (χ0v) is 13.6. The maximum atomic E-state index is 12.2. The smallest absolute Gasteiger partial charge is 0.270 e. The quantitative estimate of drug-likeness (QED) is 0.756. The Labute approximate surface area is 122 Å². The van der Waals surface area contributed by atoms with E-state index in [1.807, 2.05) is 20.8 Å². The highest BCUT2D eigenvalue weighted by molar-refractivity contribution is 8.15. The third kappa shape index (κ3) is 4.47. The van der Waals surface area contributed by atoms with Gasteiger partial charge in [-0.25, -0.2) is 8.42 Å². The second-order valence-corrected chi connectivity index (χ2v) is 8.23. The lowest BCUT2D eigenvalue weighted by molar-refractivity contribution is -0.132. The van der Waals surface area contributed by atoms with Crippen LogP contribution in [0, 0.1) is 0 Å². The maximum Gasteiger partial charge on any atom is 0.270 e. The van der Waals surface area contributed by atoms with Crippen LogP contribution in [0.5, 0.6) is 0 Å². The topological polar surface area (TPSA) is 54.5 Å². The molecule has 0 saturated heterocycles. The molecule has 0 fully saturated rings. The summed E-state index contributed by atoms with van der Waals surface area (Å²) in [7, 11) is 1.56. The fraction of sp³-hybridized carbons (Fsp3) is 0.583. The summed E-state index contributed by atoms with van der Waals surface area (Å²) >= 11 is 1.05. The minimum atomic E-state index is -3.70. The van der Waals surface area contributed by atoms with Crippen molar-refractivity contribution in [2.45, 2.75) is 43.9 Å². The first-order chi connectivity index (χ1) is 8.79. The number of likely N-dealkylation sites (N-methyl/N-ethyl adjacent to an activating group) is 1. The van der Waals surface area contributed by atoms with Gasteiger partial charge in [0.1, 0.15) is 4.21 Å². The Morgan fingerprint density at radius 3 is 2.47 bits per heavy atom. The van der Waals surface area contributed by atoms with Crippen LogP contribution in [0.3, 0.4) is 0 Å². The lowest BCUT2D eigenvalue weighted by atomic mass is 10.2. The third-order valence-corrected chi connectivity index (χ3v) is 6.16. The van der Waals surface area contributed by atoms with E-state index in [1.165, 1.54) is 6.07 Å². The second-order valence-electron chi connectivity index (χ2n) is 4.27. The highest BCUT2D eigenvalue weighted by atomic mass is 35.7. The number of carbonyl (C=O) groups excluding carboxylic acids is 1. The van der Waals surface area contributed by atoms with Crippen LogP contribution in [0.1, 0.15) is 32.1 Å². The van der Waals surface area contributed by atoms with Gasteiger partial charge in [-0.05, 0) is 32.4 Å². The highest BCUT2D eigenvalue weighted by Gasteiger charge is 2.19. The SMILES string of the molecule is CCC(C)N(CC)C(=O)Cc1ccc(S(=O)(=O)Cl)s1. The summed E-state index contributed by atoms with van der Waals surface area (Å²) < 4.78 is 22.4. The molecular weight excluding hydrogens is 306 g/mol. The second kappa shape index (κ2) is 6.72. The summed E-state index contributed by atoms with van der Waals surface area (Å²) in [5, 5.41) is 0. The predicted molar refractivity (Wildman–Crippen MR) is 78.2 cm³/mol. The van der Waals surface area contributed by atoms with Gasteiger partial charge in [0.2, 0.25) is 5.91 Å². The van der Waals surface area contributed by atoms with Crippen molar-refractivity contribution in [2.75, 3.05) is 6.54 Å². The molecule has 1 amide bonds. The van der Waals surface area contributed by atoms with Crippen molar-refractivity contribution in [2.24, 2.45) is 0 Å². The molecule has 7 heteroatoms. The van der Waals surface area contributed by atoms with E-state index in [0.717, 1.165) is 17.8 Å². The van der Waals surface area contributed by atoms with Crippen LogP contribution < -0.4 is 0 Å². The van der Waals surface area contributed by atoms with Crippen LogP contribution in [-0.2, 0) is 20.3 Å². The van der Waals surface area contributed by atoms with Gasteiger partial charge in [0.05, 0.1) is 6.42 Å². The van der Waals surface area contributed by atoms with E-state index in [0.29, 0.717) is 11.4 Å². The number of nitrogens with zero attached hydrogens (tertiary/aromatic N) is 1. The van der Waals surface area contributed by atoms with Crippen LogP contribution in [0.2, 0.25) is 0 Å². The average Bonchev–Trinajstić information content (AvgIpc) is 2.77. The molecule has 19 heavy (non-hydrogen) atoms. The molecule has 0 aliphatic rings. The molecule has 1 atom stereocenters. The number of halogens is 1. The van der Waals surface area contributed by atoms with Gasteiger partial charge in [-0.1, -0.05) is 6.92 Å². The monoisotopic (exact) mass is 323 g/mol. The fourth-order valence-electron chi connectivity index (χ4n) is 1.79. The molecule has 1 rings (SSSR count). The van der Waals surface area contributed by atoms with Crippen LogP contribution in [0.15, 0.2) is 16.3 Å². The standard InChI is InChI=1S/C12H18ClNO3S2/c1-4-9(3)14(5-2)11(15)8-10-6-7-12(18-10)19(13,16)17/h6-7,9H,4-5,8H2,1-3H3. The summed E-state index contributed by atoms with van der Waals surface area (Å²) in [5.41, 5.74) is 0. The summed E-state index contributed by atoms with van der Waals surface area (Å²) in [6.07, 6.45) is 1.11. The Kier molecular flexibility index (Phi) is 5.82. The summed E-state index contributed by atoms with van der Waals surface area (Å²) in [5.74, 6) is 0.0113. The average molecular weight is 324 g/mol. The van der Waals surface area contributed by atoms with Crippen molar-refractivity contribution < 1.29 is 13.2 Å². The Balaban J connectivity index is 2.79. The molecule has 0 aromatic carbocycles. The van der Waals surface area contributed by atoms with Crippen molar-refractivity contribution in [1.29, 1.82) is 0 Å². The van der Waals surface area contributed by atoms with Crippen molar-refractivity contribution >= 4 is 37.0 Å². The number of thiophene rings is 1. The lowest BCUT2D eigenvalue weighted by Gasteiger charge is -2.27. The molecule has 0 aliphatic carbocycles. The Hall–Kier alpha value is -0.590. The summed E-state index contributed by atoms with van der Waals surface area (Å²) in [6, 6.07) is 3.27. The molecule has 1 heterocycles. The van der Waals surface area contributed by atoms with E-state index in [2.05, 4.69) is 0 Å². The molecule has 4 nitrogen and oxygen atoms in total.